The van der Waals surface area contributed by atoms with Gasteiger partial charge in [-0.1, -0.05) is 34.3 Å². The van der Waals surface area contributed by atoms with E-state index in [0.29, 0.717) is 0 Å². The average molecular weight is 342 g/mol. The normalized spacial score (nSPS) is 11.7. The van der Waals surface area contributed by atoms with Crippen LogP contribution in [0.3, 0.4) is 0 Å². The van der Waals surface area contributed by atoms with E-state index in [2.05, 4.69) is 49.0 Å². The molecule has 144 valence electrons. The maximum Gasteiger partial charge on any atom is 0.0876 e. The van der Waals surface area contributed by atoms with Crippen molar-refractivity contribution < 1.29 is 4.74 Å². The van der Waals surface area contributed by atoms with Gasteiger partial charge in [-0.3, -0.25) is 0 Å². The molecule has 0 fully saturated rings. The van der Waals surface area contributed by atoms with Crippen molar-refractivity contribution in [2.75, 3.05) is 65.5 Å². The van der Waals surface area contributed by atoms with E-state index in [1.54, 1.807) is 0 Å². The van der Waals surface area contributed by atoms with E-state index in [0.717, 1.165) is 45.0 Å². The second-order valence-electron chi connectivity index (χ2n) is 6.51. The first-order chi connectivity index (χ1) is 11.6. The Morgan fingerprint density at radius 3 is 1.54 bits per heavy atom. The van der Waals surface area contributed by atoms with Crippen LogP contribution in [0.2, 0.25) is 0 Å². The first-order valence-electron chi connectivity index (χ1n) is 10.0. The minimum absolute atomic E-state index is 0.814. The number of hydrogen-bond acceptors (Lipinski definition) is 4. The molecule has 0 aromatic heterocycles. The fourth-order valence-electron chi connectivity index (χ4n) is 2.84. The number of unbranched alkanes of at least 4 members (excludes halogenated alkanes) is 2. The van der Waals surface area contributed by atoms with Gasteiger partial charge in [0.25, 0.3) is 0 Å². The third-order valence-electron chi connectivity index (χ3n) is 4.72. The van der Waals surface area contributed by atoms with Crippen LogP contribution in [0.25, 0.3) is 0 Å². The Bertz CT molecular complexity index is 273. The van der Waals surface area contributed by atoms with Crippen molar-refractivity contribution in [3.63, 3.8) is 0 Å². The Morgan fingerprint density at radius 2 is 1.12 bits per heavy atom. The van der Waals surface area contributed by atoms with Crippen molar-refractivity contribution in [3.8, 4) is 0 Å². The highest BCUT2D eigenvalue weighted by Gasteiger charge is 2.09. The summed E-state index contributed by atoms with van der Waals surface area (Å²) in [6.07, 6.45) is 3.63. The zero-order valence-electron chi connectivity index (χ0n) is 17.1. The molecule has 24 heavy (non-hydrogen) atoms. The number of rotatable bonds is 17. The zero-order valence-corrected chi connectivity index (χ0v) is 17.1. The first kappa shape index (κ1) is 23.4. The number of hydrogen-bond donors (Lipinski definition) is 0. The molecule has 0 rings (SSSR count). The monoisotopic (exact) mass is 341 g/mol. The van der Waals surface area contributed by atoms with E-state index in [4.69, 9.17) is 4.74 Å². The van der Waals surface area contributed by atoms with Crippen molar-refractivity contribution in [1.82, 2.24) is 14.7 Å². The molecule has 0 aliphatic rings. The molecule has 0 unspecified atom stereocenters. The van der Waals surface area contributed by atoms with Crippen molar-refractivity contribution in [1.29, 1.82) is 0 Å². The van der Waals surface area contributed by atoms with Gasteiger partial charge in [-0.15, -0.1) is 0 Å². The van der Waals surface area contributed by atoms with Gasteiger partial charge in [0.2, 0.25) is 0 Å². The van der Waals surface area contributed by atoms with Gasteiger partial charge in [0.15, 0.2) is 0 Å². The number of ether oxygens (including phenoxy) is 1. The molecule has 0 heterocycles. The molecule has 0 radical (unpaired) electrons. The molecule has 0 aliphatic heterocycles. The predicted octanol–water partition coefficient (Wildman–Crippen LogP) is 3.69. The van der Waals surface area contributed by atoms with E-state index in [1.807, 2.05) is 6.92 Å². The third kappa shape index (κ3) is 12.8. The number of likely N-dealkylation sites (N-methyl/N-ethyl adjacent to an activating group) is 2. The maximum absolute atomic E-state index is 5.44. The van der Waals surface area contributed by atoms with Crippen LogP contribution in [0, 0.1) is 0 Å². The van der Waals surface area contributed by atoms with Gasteiger partial charge < -0.3 is 19.4 Å². The molecule has 0 bridgehead atoms. The van der Waals surface area contributed by atoms with Crippen LogP contribution in [-0.4, -0.2) is 80.2 Å². The van der Waals surface area contributed by atoms with E-state index < -0.39 is 0 Å². The molecule has 0 N–H and O–H groups in total. The molecule has 0 aromatic rings. The number of nitrogens with zero attached hydrogens (tertiary/aromatic N) is 3. The second-order valence-corrected chi connectivity index (χ2v) is 6.51. The molecular weight excluding hydrogens is 298 g/mol. The Hall–Kier alpha value is -0.580. The van der Waals surface area contributed by atoms with Crippen molar-refractivity contribution in [2.45, 2.75) is 53.9 Å². The summed E-state index contributed by atoms with van der Waals surface area (Å²) < 4.78 is 5.44. The summed E-state index contributed by atoms with van der Waals surface area (Å²) in [5.41, 5.74) is 0. The smallest absolute Gasteiger partial charge is 0.0876 e. The van der Waals surface area contributed by atoms with Crippen LogP contribution in [0.5, 0.6) is 0 Å². The van der Waals surface area contributed by atoms with Gasteiger partial charge >= 0.3 is 0 Å². The highest BCUT2D eigenvalue weighted by molar-refractivity contribution is 4.73. The van der Waals surface area contributed by atoms with Crippen LogP contribution in [0.1, 0.15) is 53.9 Å². The van der Waals surface area contributed by atoms with Crippen LogP contribution in [0.15, 0.2) is 12.3 Å². The van der Waals surface area contributed by atoms with Gasteiger partial charge in [0, 0.05) is 26.2 Å². The summed E-state index contributed by atoms with van der Waals surface area (Å²) in [6, 6.07) is 0. The lowest BCUT2D eigenvalue weighted by Crippen LogP contribution is -2.40. The van der Waals surface area contributed by atoms with Gasteiger partial charge in [0.1, 0.15) is 0 Å². The summed E-state index contributed by atoms with van der Waals surface area (Å²) in [5, 5.41) is 0. The molecule has 0 aliphatic carbocycles. The Balaban J connectivity index is 4.12. The van der Waals surface area contributed by atoms with Crippen LogP contribution >= 0.6 is 0 Å². The fraction of sp³-hybridized carbons (Fsp3) is 0.900. The lowest BCUT2D eigenvalue weighted by atomic mass is 10.2. The highest BCUT2D eigenvalue weighted by Crippen LogP contribution is 2.03. The summed E-state index contributed by atoms with van der Waals surface area (Å²) in [6.45, 7) is 26.1. The molecular formula is C20H43N3O. The van der Waals surface area contributed by atoms with E-state index >= 15 is 0 Å². The SMILES string of the molecule is C=C(C)OCCCCCN(CCN(CC)CC)CCN(CC)CC. The largest absolute Gasteiger partial charge is 0.499 e. The topological polar surface area (TPSA) is 19.0 Å². The molecule has 4 heteroatoms. The van der Waals surface area contributed by atoms with Crippen molar-refractivity contribution in [2.24, 2.45) is 0 Å². The summed E-state index contributed by atoms with van der Waals surface area (Å²) in [4.78, 5) is 7.69. The fourth-order valence-corrected chi connectivity index (χ4v) is 2.84. The van der Waals surface area contributed by atoms with E-state index in [-0.39, 0.29) is 0 Å². The lowest BCUT2D eigenvalue weighted by Gasteiger charge is -2.28. The van der Waals surface area contributed by atoms with Gasteiger partial charge in [-0.05, 0) is 58.9 Å². The number of allylic oxidation sites excluding steroid dienone is 1. The molecule has 0 atom stereocenters. The van der Waals surface area contributed by atoms with Gasteiger partial charge in [-0.25, -0.2) is 0 Å². The zero-order chi connectivity index (χ0) is 18.2. The maximum atomic E-state index is 5.44. The first-order valence-corrected chi connectivity index (χ1v) is 10.0. The highest BCUT2D eigenvalue weighted by atomic mass is 16.5. The molecule has 0 spiro atoms. The van der Waals surface area contributed by atoms with E-state index in [1.165, 1.54) is 45.6 Å². The summed E-state index contributed by atoms with van der Waals surface area (Å²) in [5.74, 6) is 0.829. The second kappa shape index (κ2) is 15.9. The quantitative estimate of drug-likeness (QED) is 0.297. The van der Waals surface area contributed by atoms with Gasteiger partial charge in [0.05, 0.1) is 12.4 Å². The van der Waals surface area contributed by atoms with Crippen LogP contribution in [0.4, 0.5) is 0 Å². The summed E-state index contributed by atoms with van der Waals surface area (Å²) in [7, 11) is 0. The van der Waals surface area contributed by atoms with Crippen LogP contribution < -0.4 is 0 Å². The summed E-state index contributed by atoms with van der Waals surface area (Å²) >= 11 is 0. The molecule has 4 nitrogen and oxygen atoms in total. The Morgan fingerprint density at radius 1 is 0.667 bits per heavy atom. The van der Waals surface area contributed by atoms with E-state index in [9.17, 15) is 0 Å². The Kier molecular flexibility index (Phi) is 15.5. The van der Waals surface area contributed by atoms with Crippen molar-refractivity contribution >= 4 is 0 Å². The standard InChI is InChI=1S/C20H43N3O/c1-7-21(8-2)15-17-23(18-16-22(9-3)10-4)14-12-11-13-19-24-20(5)6/h5,7-19H2,1-4,6H3. The van der Waals surface area contributed by atoms with Crippen LogP contribution in [-0.2, 0) is 4.74 Å². The lowest BCUT2D eigenvalue weighted by molar-refractivity contribution is 0.178. The average Bonchev–Trinajstić information content (AvgIpc) is 2.58. The molecule has 0 amide bonds. The van der Waals surface area contributed by atoms with Crippen molar-refractivity contribution in [3.05, 3.63) is 12.3 Å². The molecule has 0 saturated heterocycles. The minimum Gasteiger partial charge on any atom is -0.499 e. The minimum atomic E-state index is 0.814. The third-order valence-corrected chi connectivity index (χ3v) is 4.72. The predicted molar refractivity (Wildman–Crippen MR) is 107 cm³/mol. The van der Waals surface area contributed by atoms with Gasteiger partial charge in [-0.2, -0.15) is 0 Å². The molecule has 0 saturated carbocycles. The molecule has 0 aromatic carbocycles. The Labute approximate surface area is 151 Å².